The maximum Gasteiger partial charge on any atom is 0.406 e. The molecule has 3 nitrogen and oxygen atoms in total. The molecule has 0 spiro atoms. The van der Waals surface area contributed by atoms with Crippen molar-refractivity contribution in [1.29, 1.82) is 0 Å². The number of carbonyl (C=O) groups excluding carboxylic acids is 1. The number of alkyl halides is 3. The zero-order chi connectivity index (χ0) is 13.1. The van der Waals surface area contributed by atoms with E-state index in [0.717, 1.165) is 10.7 Å². The molecular formula is C10H17F3N2OS. The molecule has 0 radical (unpaired) electrons. The molecule has 0 aliphatic carbocycles. The van der Waals surface area contributed by atoms with Crippen molar-refractivity contribution in [3.05, 3.63) is 0 Å². The van der Waals surface area contributed by atoms with Crippen LogP contribution in [0.25, 0.3) is 0 Å². The minimum Gasteiger partial charge on any atom is -0.330 e. The summed E-state index contributed by atoms with van der Waals surface area (Å²) in [6, 6.07) is -0.934. The molecule has 0 aromatic carbocycles. The van der Waals surface area contributed by atoms with Crippen molar-refractivity contribution in [3.8, 4) is 0 Å². The number of halogens is 3. The number of hydrogen-bond donors (Lipinski definition) is 1. The standard InChI is InChI=1S/C10H17F3N2OS/c1-7(2)15(6-10(11,12)13)9(16)8-5-17-4-3-14-8/h7-8,14H,3-6H2,1-2H3. The number of rotatable bonds is 3. The second-order valence-corrected chi connectivity index (χ2v) is 5.41. The lowest BCUT2D eigenvalue weighted by atomic mass is 10.2. The Labute approximate surface area is 103 Å². The average molecular weight is 270 g/mol. The fourth-order valence-corrected chi connectivity index (χ4v) is 2.56. The summed E-state index contributed by atoms with van der Waals surface area (Å²) >= 11 is 1.59. The van der Waals surface area contributed by atoms with Gasteiger partial charge in [0.25, 0.3) is 0 Å². The van der Waals surface area contributed by atoms with Gasteiger partial charge >= 0.3 is 6.18 Å². The van der Waals surface area contributed by atoms with E-state index in [0.29, 0.717) is 12.3 Å². The highest BCUT2D eigenvalue weighted by atomic mass is 32.2. The first kappa shape index (κ1) is 14.6. The summed E-state index contributed by atoms with van der Waals surface area (Å²) in [7, 11) is 0. The molecule has 1 aliphatic rings. The Morgan fingerprint density at radius 2 is 2.18 bits per heavy atom. The van der Waals surface area contributed by atoms with Gasteiger partial charge in [0.1, 0.15) is 6.54 Å². The number of carbonyl (C=O) groups is 1. The highest BCUT2D eigenvalue weighted by Gasteiger charge is 2.36. The van der Waals surface area contributed by atoms with E-state index in [-0.39, 0.29) is 0 Å². The fraction of sp³-hybridized carbons (Fsp3) is 0.900. The zero-order valence-corrected chi connectivity index (χ0v) is 10.7. The van der Waals surface area contributed by atoms with E-state index in [4.69, 9.17) is 0 Å². The topological polar surface area (TPSA) is 32.3 Å². The van der Waals surface area contributed by atoms with Gasteiger partial charge in [-0.05, 0) is 13.8 Å². The van der Waals surface area contributed by atoms with E-state index >= 15 is 0 Å². The van der Waals surface area contributed by atoms with Gasteiger partial charge in [0.15, 0.2) is 0 Å². The van der Waals surface area contributed by atoms with Crippen LogP contribution in [0.15, 0.2) is 0 Å². The molecule has 1 N–H and O–H groups in total. The van der Waals surface area contributed by atoms with Crippen LogP contribution >= 0.6 is 11.8 Å². The molecule has 1 saturated heterocycles. The summed E-state index contributed by atoms with van der Waals surface area (Å²) in [6.45, 7) is 2.69. The molecule has 0 aromatic heterocycles. The molecule has 1 amide bonds. The second-order valence-electron chi connectivity index (χ2n) is 4.26. The van der Waals surface area contributed by atoms with Gasteiger partial charge < -0.3 is 10.2 Å². The van der Waals surface area contributed by atoms with Gasteiger partial charge in [-0.3, -0.25) is 4.79 Å². The quantitative estimate of drug-likeness (QED) is 0.843. The van der Waals surface area contributed by atoms with Crippen LogP contribution in [0.3, 0.4) is 0 Å². The van der Waals surface area contributed by atoms with E-state index in [2.05, 4.69) is 5.32 Å². The Bertz CT molecular complexity index is 265. The number of amides is 1. The fourth-order valence-electron chi connectivity index (χ4n) is 1.63. The van der Waals surface area contributed by atoms with E-state index in [9.17, 15) is 18.0 Å². The van der Waals surface area contributed by atoms with Gasteiger partial charge in [-0.15, -0.1) is 0 Å². The monoisotopic (exact) mass is 270 g/mol. The van der Waals surface area contributed by atoms with Gasteiger partial charge in [0, 0.05) is 24.1 Å². The largest absolute Gasteiger partial charge is 0.406 e. The summed E-state index contributed by atoms with van der Waals surface area (Å²) < 4.78 is 37.1. The molecule has 0 saturated carbocycles. The number of nitrogens with zero attached hydrogens (tertiary/aromatic N) is 1. The van der Waals surface area contributed by atoms with Gasteiger partial charge in [0.05, 0.1) is 6.04 Å². The third kappa shape index (κ3) is 4.75. The van der Waals surface area contributed by atoms with Crippen LogP contribution in [0.1, 0.15) is 13.8 Å². The van der Waals surface area contributed by atoms with Gasteiger partial charge in [-0.1, -0.05) is 0 Å². The van der Waals surface area contributed by atoms with E-state index < -0.39 is 30.7 Å². The highest BCUT2D eigenvalue weighted by Crippen LogP contribution is 2.20. The first-order valence-corrected chi connectivity index (χ1v) is 6.65. The van der Waals surface area contributed by atoms with Crippen LogP contribution in [0, 0.1) is 0 Å². The molecule has 1 atom stereocenters. The predicted octanol–water partition coefficient (Wildman–Crippen LogP) is 1.49. The van der Waals surface area contributed by atoms with Crippen LogP contribution in [-0.2, 0) is 4.79 Å². The lowest BCUT2D eigenvalue weighted by Crippen LogP contribution is -2.54. The SMILES string of the molecule is CC(C)N(CC(F)(F)F)C(=O)C1CSCCN1. The van der Waals surface area contributed by atoms with E-state index in [1.807, 2.05) is 0 Å². The maximum atomic E-state index is 12.4. The highest BCUT2D eigenvalue weighted by molar-refractivity contribution is 7.99. The minimum atomic E-state index is -4.35. The molecule has 1 aliphatic heterocycles. The van der Waals surface area contributed by atoms with Crippen LogP contribution in [0.5, 0.6) is 0 Å². The molecule has 1 unspecified atom stereocenters. The minimum absolute atomic E-state index is 0.446. The predicted molar refractivity (Wildman–Crippen MR) is 62.0 cm³/mol. The molecule has 17 heavy (non-hydrogen) atoms. The Morgan fingerprint density at radius 3 is 2.59 bits per heavy atom. The molecule has 1 fully saturated rings. The zero-order valence-electron chi connectivity index (χ0n) is 9.88. The van der Waals surface area contributed by atoms with Gasteiger partial charge in [0.2, 0.25) is 5.91 Å². The number of nitrogens with one attached hydrogen (secondary N) is 1. The second kappa shape index (κ2) is 5.95. The van der Waals surface area contributed by atoms with Crippen LogP contribution in [0.4, 0.5) is 13.2 Å². The normalized spacial score (nSPS) is 21.6. The van der Waals surface area contributed by atoms with Crippen LogP contribution in [-0.4, -0.2) is 53.7 Å². The Hall–Kier alpha value is -0.430. The van der Waals surface area contributed by atoms with Crippen molar-refractivity contribution in [2.24, 2.45) is 0 Å². The van der Waals surface area contributed by atoms with Crippen LogP contribution in [0.2, 0.25) is 0 Å². The third-order valence-corrected chi connectivity index (χ3v) is 3.54. The number of thioether (sulfide) groups is 1. The number of hydrogen-bond acceptors (Lipinski definition) is 3. The van der Waals surface area contributed by atoms with Gasteiger partial charge in [-0.2, -0.15) is 24.9 Å². The first-order chi connectivity index (χ1) is 7.81. The molecule has 0 bridgehead atoms. The van der Waals surface area contributed by atoms with Crippen molar-refractivity contribution >= 4 is 17.7 Å². The lowest BCUT2D eigenvalue weighted by Gasteiger charge is -2.33. The third-order valence-electron chi connectivity index (χ3n) is 2.48. The summed E-state index contributed by atoms with van der Waals surface area (Å²) in [5.74, 6) is 0.981. The van der Waals surface area contributed by atoms with Crippen molar-refractivity contribution < 1.29 is 18.0 Å². The summed E-state index contributed by atoms with van der Waals surface area (Å²) in [6.07, 6.45) is -4.35. The molecule has 100 valence electrons. The Morgan fingerprint density at radius 1 is 1.53 bits per heavy atom. The van der Waals surface area contributed by atoms with Crippen molar-refractivity contribution in [3.63, 3.8) is 0 Å². The molecule has 1 heterocycles. The van der Waals surface area contributed by atoms with Crippen molar-refractivity contribution in [2.75, 3.05) is 24.6 Å². The molecule has 0 aromatic rings. The maximum absolute atomic E-state index is 12.4. The van der Waals surface area contributed by atoms with Crippen LogP contribution < -0.4 is 5.32 Å². The van der Waals surface area contributed by atoms with Gasteiger partial charge in [-0.25, -0.2) is 0 Å². The lowest BCUT2D eigenvalue weighted by molar-refractivity contribution is -0.165. The summed E-state index contributed by atoms with van der Waals surface area (Å²) in [5, 5.41) is 2.96. The van der Waals surface area contributed by atoms with E-state index in [1.54, 1.807) is 25.6 Å². The molecular weight excluding hydrogens is 253 g/mol. The van der Waals surface area contributed by atoms with Crippen molar-refractivity contribution in [1.82, 2.24) is 10.2 Å². The molecule has 7 heteroatoms. The average Bonchev–Trinajstić information content (AvgIpc) is 2.25. The van der Waals surface area contributed by atoms with E-state index in [1.165, 1.54) is 0 Å². The first-order valence-electron chi connectivity index (χ1n) is 5.49. The smallest absolute Gasteiger partial charge is 0.330 e. The summed E-state index contributed by atoms with van der Waals surface area (Å²) in [5.41, 5.74) is 0. The Kier molecular flexibility index (Phi) is 5.12. The Balaban J connectivity index is 2.66. The van der Waals surface area contributed by atoms with Crippen molar-refractivity contribution in [2.45, 2.75) is 32.1 Å². The molecule has 1 rings (SSSR count). The summed E-state index contributed by atoms with van der Waals surface area (Å²) in [4.78, 5) is 12.9.